The second-order valence-electron chi connectivity index (χ2n) is 3.87. The minimum atomic E-state index is -0.518. The number of rotatable bonds is 7. The number of nitrogens with zero attached hydrogens (tertiary/aromatic N) is 1. The van der Waals surface area contributed by atoms with Crippen molar-refractivity contribution >= 4 is 27.6 Å². The Hall–Kier alpha value is -1.67. The summed E-state index contributed by atoms with van der Waals surface area (Å²) < 4.78 is 10.6. The Balaban J connectivity index is 2.66. The molecular formula is C12H15BrN2O5. The Morgan fingerprint density at radius 3 is 2.80 bits per heavy atom. The highest BCUT2D eigenvalue weighted by Gasteiger charge is 2.19. The predicted molar refractivity (Wildman–Crippen MR) is 75.8 cm³/mol. The maximum absolute atomic E-state index is 11.4. The fourth-order valence-electron chi connectivity index (χ4n) is 1.56. The molecule has 1 unspecified atom stereocenters. The first-order valence-electron chi connectivity index (χ1n) is 5.81. The molecule has 0 saturated carbocycles. The molecule has 1 rings (SSSR count). The van der Waals surface area contributed by atoms with Gasteiger partial charge in [0.05, 0.1) is 18.6 Å². The number of hydrogen-bond donors (Lipinski definition) is 1. The third-order valence-electron chi connectivity index (χ3n) is 2.62. The number of benzene rings is 1. The number of ether oxygens (including phenoxy) is 2. The van der Waals surface area contributed by atoms with E-state index < -0.39 is 16.9 Å². The zero-order valence-electron chi connectivity index (χ0n) is 11.1. The fourth-order valence-corrected chi connectivity index (χ4v) is 1.91. The topological polar surface area (TPSA) is 90.7 Å². The number of hydrogen-bond acceptors (Lipinski definition) is 6. The lowest BCUT2D eigenvalue weighted by Gasteiger charge is -2.14. The third kappa shape index (κ3) is 4.46. The van der Waals surface area contributed by atoms with Crippen LogP contribution in [-0.4, -0.2) is 37.7 Å². The summed E-state index contributed by atoms with van der Waals surface area (Å²) in [6, 6.07) is 4.02. The minimum Gasteiger partial charge on any atom is -0.487 e. The summed E-state index contributed by atoms with van der Waals surface area (Å²) in [5, 5.41) is 13.7. The molecule has 1 atom stereocenters. The van der Waals surface area contributed by atoms with Crippen molar-refractivity contribution in [3.05, 3.63) is 32.8 Å². The first kappa shape index (κ1) is 16.4. The summed E-state index contributed by atoms with van der Waals surface area (Å²) in [6.07, 6.45) is 0.344. The van der Waals surface area contributed by atoms with Gasteiger partial charge in [-0.2, -0.15) is 0 Å². The number of nitro benzene ring substituents is 1. The van der Waals surface area contributed by atoms with Crippen molar-refractivity contribution in [3.63, 3.8) is 0 Å². The maximum Gasteiger partial charge on any atom is 0.322 e. The highest BCUT2D eigenvalue weighted by Crippen LogP contribution is 2.30. The Morgan fingerprint density at radius 1 is 1.55 bits per heavy atom. The van der Waals surface area contributed by atoms with Crippen LogP contribution in [0.4, 0.5) is 5.69 Å². The van der Waals surface area contributed by atoms with E-state index in [1.54, 1.807) is 13.1 Å². The van der Waals surface area contributed by atoms with E-state index >= 15 is 0 Å². The standard InChI is InChI=1S/C12H15BrN2O5/c1-14-9(12(16)19-2)5-6-20-11-4-3-8(13)7-10(11)15(17)18/h3-4,7,9,14H,5-6H2,1-2H3. The van der Waals surface area contributed by atoms with Crippen molar-refractivity contribution in [2.24, 2.45) is 0 Å². The lowest BCUT2D eigenvalue weighted by atomic mass is 10.2. The van der Waals surface area contributed by atoms with Gasteiger partial charge in [0.2, 0.25) is 0 Å². The van der Waals surface area contributed by atoms with Crippen molar-refractivity contribution in [3.8, 4) is 5.75 Å². The van der Waals surface area contributed by atoms with Gasteiger partial charge in [0, 0.05) is 17.0 Å². The van der Waals surface area contributed by atoms with Crippen LogP contribution in [0.2, 0.25) is 0 Å². The number of carbonyl (C=O) groups excluding carboxylic acids is 1. The molecule has 0 radical (unpaired) electrons. The average molecular weight is 347 g/mol. The SMILES string of the molecule is CNC(CCOc1ccc(Br)cc1[N+](=O)[O-])C(=O)OC. The quantitative estimate of drug-likeness (QED) is 0.460. The number of carbonyl (C=O) groups is 1. The van der Waals surface area contributed by atoms with Gasteiger partial charge in [-0.05, 0) is 19.2 Å². The zero-order valence-corrected chi connectivity index (χ0v) is 12.7. The Morgan fingerprint density at radius 2 is 2.25 bits per heavy atom. The van der Waals surface area contributed by atoms with Gasteiger partial charge >= 0.3 is 11.7 Å². The normalized spacial score (nSPS) is 11.8. The van der Waals surface area contributed by atoms with Crippen LogP contribution in [0, 0.1) is 10.1 Å². The van der Waals surface area contributed by atoms with E-state index in [9.17, 15) is 14.9 Å². The van der Waals surface area contributed by atoms with Crippen LogP contribution in [0.1, 0.15) is 6.42 Å². The van der Waals surface area contributed by atoms with Crippen LogP contribution in [0.3, 0.4) is 0 Å². The van der Waals surface area contributed by atoms with E-state index in [2.05, 4.69) is 26.0 Å². The smallest absolute Gasteiger partial charge is 0.322 e. The minimum absolute atomic E-state index is 0.126. The molecule has 0 heterocycles. The molecule has 20 heavy (non-hydrogen) atoms. The van der Waals surface area contributed by atoms with Crippen LogP contribution >= 0.6 is 15.9 Å². The van der Waals surface area contributed by atoms with Crippen molar-refractivity contribution in [1.82, 2.24) is 5.32 Å². The summed E-state index contributed by atoms with van der Waals surface area (Å²) in [5.41, 5.74) is -0.126. The zero-order chi connectivity index (χ0) is 15.1. The number of nitrogens with one attached hydrogen (secondary N) is 1. The predicted octanol–water partition coefficient (Wildman–Crippen LogP) is 1.89. The second-order valence-corrected chi connectivity index (χ2v) is 4.79. The van der Waals surface area contributed by atoms with E-state index in [1.165, 1.54) is 19.2 Å². The van der Waals surface area contributed by atoms with E-state index in [4.69, 9.17) is 4.74 Å². The summed E-state index contributed by atoms with van der Waals surface area (Å²) >= 11 is 3.16. The number of nitro groups is 1. The molecular weight excluding hydrogens is 332 g/mol. The van der Waals surface area contributed by atoms with Crippen molar-refractivity contribution < 1.29 is 19.2 Å². The lowest BCUT2D eigenvalue weighted by Crippen LogP contribution is -2.36. The van der Waals surface area contributed by atoms with Gasteiger partial charge in [-0.3, -0.25) is 14.9 Å². The van der Waals surface area contributed by atoms with Gasteiger partial charge in [0.1, 0.15) is 6.04 Å². The molecule has 0 fully saturated rings. The monoisotopic (exact) mass is 346 g/mol. The highest BCUT2D eigenvalue weighted by atomic mass is 79.9. The average Bonchev–Trinajstić information content (AvgIpc) is 2.44. The van der Waals surface area contributed by atoms with Gasteiger partial charge in [0.25, 0.3) is 0 Å². The van der Waals surface area contributed by atoms with Crippen LogP contribution in [0.25, 0.3) is 0 Å². The van der Waals surface area contributed by atoms with Gasteiger partial charge < -0.3 is 14.8 Å². The molecule has 8 heteroatoms. The largest absolute Gasteiger partial charge is 0.487 e. The molecule has 0 amide bonds. The molecule has 0 aromatic heterocycles. The molecule has 7 nitrogen and oxygen atoms in total. The number of esters is 1. The van der Waals surface area contributed by atoms with Gasteiger partial charge in [-0.15, -0.1) is 0 Å². The van der Waals surface area contributed by atoms with Gasteiger partial charge in [-0.25, -0.2) is 0 Å². The van der Waals surface area contributed by atoms with Crippen LogP contribution in [0.5, 0.6) is 5.75 Å². The Labute approximate surface area is 124 Å². The first-order valence-corrected chi connectivity index (χ1v) is 6.60. The summed E-state index contributed by atoms with van der Waals surface area (Å²) in [4.78, 5) is 21.7. The number of likely N-dealkylation sites (N-methyl/N-ethyl adjacent to an activating group) is 1. The highest BCUT2D eigenvalue weighted by molar-refractivity contribution is 9.10. The molecule has 1 aromatic rings. The second kappa shape index (κ2) is 7.81. The third-order valence-corrected chi connectivity index (χ3v) is 3.11. The Kier molecular flexibility index (Phi) is 6.40. The van der Waals surface area contributed by atoms with Crippen LogP contribution in [0.15, 0.2) is 22.7 Å². The molecule has 0 bridgehead atoms. The summed E-state index contributed by atoms with van der Waals surface area (Å²) in [5.74, 6) is -0.237. The van der Waals surface area contributed by atoms with E-state index in [1.807, 2.05) is 0 Å². The first-order chi connectivity index (χ1) is 9.49. The summed E-state index contributed by atoms with van der Waals surface area (Å²) in [7, 11) is 2.93. The van der Waals surface area contributed by atoms with Crippen LogP contribution < -0.4 is 10.1 Å². The maximum atomic E-state index is 11.4. The fraction of sp³-hybridized carbons (Fsp3) is 0.417. The summed E-state index contributed by atoms with van der Waals surface area (Å²) in [6.45, 7) is 0.156. The molecule has 1 aromatic carbocycles. The molecule has 0 saturated heterocycles. The Bertz CT molecular complexity index is 495. The molecule has 1 N–H and O–H groups in total. The van der Waals surface area contributed by atoms with E-state index in [0.29, 0.717) is 10.9 Å². The van der Waals surface area contributed by atoms with E-state index in [0.717, 1.165) is 0 Å². The molecule has 0 aliphatic rings. The van der Waals surface area contributed by atoms with Crippen molar-refractivity contribution in [2.45, 2.75) is 12.5 Å². The van der Waals surface area contributed by atoms with Gasteiger partial charge in [-0.1, -0.05) is 15.9 Å². The van der Waals surface area contributed by atoms with Gasteiger partial charge in [0.15, 0.2) is 5.75 Å². The van der Waals surface area contributed by atoms with Crippen LogP contribution in [-0.2, 0) is 9.53 Å². The molecule has 0 spiro atoms. The van der Waals surface area contributed by atoms with Crippen molar-refractivity contribution in [2.75, 3.05) is 20.8 Å². The van der Waals surface area contributed by atoms with E-state index in [-0.39, 0.29) is 18.0 Å². The molecule has 0 aliphatic carbocycles. The number of halogens is 1. The van der Waals surface area contributed by atoms with Crippen molar-refractivity contribution in [1.29, 1.82) is 0 Å². The number of methoxy groups -OCH3 is 1. The molecule has 110 valence electrons. The lowest BCUT2D eigenvalue weighted by molar-refractivity contribution is -0.385. The molecule has 0 aliphatic heterocycles.